The summed E-state index contributed by atoms with van der Waals surface area (Å²) in [6.07, 6.45) is 0.968. The molecule has 1 aromatic rings. The first-order valence-electron chi connectivity index (χ1n) is 6.06. The van der Waals surface area contributed by atoms with Crippen molar-refractivity contribution in [2.75, 3.05) is 13.2 Å². The molecule has 0 saturated heterocycles. The van der Waals surface area contributed by atoms with Gasteiger partial charge in [-0.1, -0.05) is 17.9 Å². The molecule has 20 heavy (non-hydrogen) atoms. The lowest BCUT2D eigenvalue weighted by Gasteiger charge is -2.22. The maximum Gasteiger partial charge on any atom is 0.522 e. The summed E-state index contributed by atoms with van der Waals surface area (Å²) in [5, 5.41) is 27.3. The number of ether oxygens (including phenoxy) is 1. The third-order valence-electron chi connectivity index (χ3n) is 2.83. The molecule has 0 aliphatic carbocycles. The van der Waals surface area contributed by atoms with Crippen LogP contribution in [-0.4, -0.2) is 41.5 Å². The highest BCUT2D eigenvalue weighted by Gasteiger charge is 2.29. The summed E-state index contributed by atoms with van der Waals surface area (Å²) in [6, 6.07) is 3.26. The third-order valence-corrected chi connectivity index (χ3v) is 2.83. The molecule has 0 radical (unpaired) electrons. The average Bonchev–Trinajstić information content (AvgIpc) is 2.42. The van der Waals surface area contributed by atoms with E-state index in [1.165, 1.54) is 0 Å². The summed E-state index contributed by atoms with van der Waals surface area (Å²) in [7, 11) is -1.01. The summed E-state index contributed by atoms with van der Waals surface area (Å²) in [5.41, 5.74) is 0.605. The largest absolute Gasteiger partial charge is 0.535 e. The Labute approximate surface area is 116 Å². The zero-order valence-corrected chi connectivity index (χ0v) is 10.6. The van der Waals surface area contributed by atoms with Gasteiger partial charge in [0.05, 0.1) is 0 Å². The molecule has 0 amide bonds. The van der Waals surface area contributed by atoms with Gasteiger partial charge < -0.3 is 24.6 Å². The smallest absolute Gasteiger partial charge is 0.522 e. The van der Waals surface area contributed by atoms with Crippen LogP contribution in [0.1, 0.15) is 15.9 Å². The van der Waals surface area contributed by atoms with Crippen molar-refractivity contribution in [3.05, 3.63) is 23.3 Å². The summed E-state index contributed by atoms with van der Waals surface area (Å²) >= 11 is 0. The number of carboxylic acid groups (broad SMARTS) is 1. The standard InChI is InChI=1S/C13H13BO6/c15-7-1-2-8-19-10-4-3-9-5-6-14(18)20-12(9)11(10)13(16)17/h3-4,15,18H,5-8H2,(H,16,17). The van der Waals surface area contributed by atoms with Crippen LogP contribution in [0.2, 0.25) is 6.32 Å². The lowest BCUT2D eigenvalue weighted by molar-refractivity contribution is 0.0690. The molecule has 0 spiro atoms. The van der Waals surface area contributed by atoms with E-state index in [1.807, 2.05) is 0 Å². The van der Waals surface area contributed by atoms with Gasteiger partial charge in [-0.2, -0.15) is 0 Å². The number of rotatable bonds is 3. The van der Waals surface area contributed by atoms with E-state index in [2.05, 4.69) is 11.8 Å². The van der Waals surface area contributed by atoms with Gasteiger partial charge in [-0.05, 0) is 24.4 Å². The van der Waals surface area contributed by atoms with E-state index < -0.39 is 13.1 Å². The van der Waals surface area contributed by atoms with Crippen LogP contribution < -0.4 is 9.39 Å². The van der Waals surface area contributed by atoms with Crippen LogP contribution in [-0.2, 0) is 6.42 Å². The molecule has 0 atom stereocenters. The highest BCUT2D eigenvalue weighted by atomic mass is 16.5. The minimum Gasteiger partial charge on any atom is -0.535 e. The number of hydrogen-bond donors (Lipinski definition) is 3. The number of fused-ring (bicyclic) bond motifs is 1. The lowest BCUT2D eigenvalue weighted by atomic mass is 9.78. The Morgan fingerprint density at radius 3 is 2.95 bits per heavy atom. The minimum absolute atomic E-state index is 0.0395. The molecule has 3 N–H and O–H groups in total. The molecular formula is C13H13BO6. The van der Waals surface area contributed by atoms with Crippen molar-refractivity contribution in [1.29, 1.82) is 0 Å². The maximum absolute atomic E-state index is 11.4. The topological polar surface area (TPSA) is 96.2 Å². The van der Waals surface area contributed by atoms with Crippen LogP contribution >= 0.6 is 0 Å². The molecule has 0 bridgehead atoms. The van der Waals surface area contributed by atoms with Gasteiger partial charge in [-0.3, -0.25) is 0 Å². The fourth-order valence-corrected chi connectivity index (χ4v) is 1.96. The van der Waals surface area contributed by atoms with Gasteiger partial charge in [0.1, 0.15) is 30.3 Å². The van der Waals surface area contributed by atoms with Crippen LogP contribution in [0.15, 0.2) is 12.1 Å². The Morgan fingerprint density at radius 2 is 2.25 bits per heavy atom. The molecule has 0 saturated carbocycles. The monoisotopic (exact) mass is 276 g/mol. The second-order valence-electron chi connectivity index (χ2n) is 4.14. The number of hydrogen-bond acceptors (Lipinski definition) is 5. The highest BCUT2D eigenvalue weighted by molar-refractivity contribution is 6.44. The zero-order valence-electron chi connectivity index (χ0n) is 10.6. The van der Waals surface area contributed by atoms with Gasteiger partial charge in [0.25, 0.3) is 0 Å². The summed E-state index contributed by atoms with van der Waals surface area (Å²) in [5.74, 6) is 4.00. The first-order chi connectivity index (χ1) is 9.63. The fraction of sp³-hybridized carbons (Fsp3) is 0.308. The van der Waals surface area contributed by atoms with Gasteiger partial charge in [-0.25, -0.2) is 4.79 Å². The maximum atomic E-state index is 11.4. The highest BCUT2D eigenvalue weighted by Crippen LogP contribution is 2.36. The predicted molar refractivity (Wildman–Crippen MR) is 70.9 cm³/mol. The Hall–Kier alpha value is -2.17. The van der Waals surface area contributed by atoms with Crippen LogP contribution in [0.5, 0.6) is 11.5 Å². The fourth-order valence-electron chi connectivity index (χ4n) is 1.96. The van der Waals surface area contributed by atoms with E-state index in [0.717, 1.165) is 5.56 Å². The van der Waals surface area contributed by atoms with Crippen LogP contribution in [0.3, 0.4) is 0 Å². The van der Waals surface area contributed by atoms with Crippen LogP contribution in [0.25, 0.3) is 0 Å². The number of aliphatic hydroxyl groups excluding tert-OH is 1. The second-order valence-corrected chi connectivity index (χ2v) is 4.14. The molecule has 0 unspecified atom stereocenters. The van der Waals surface area contributed by atoms with Crippen molar-refractivity contribution in [3.63, 3.8) is 0 Å². The molecule has 104 valence electrons. The molecule has 1 aliphatic heterocycles. The molecular weight excluding hydrogens is 263 g/mol. The van der Waals surface area contributed by atoms with E-state index in [0.29, 0.717) is 12.7 Å². The number of benzene rings is 1. The van der Waals surface area contributed by atoms with Crippen molar-refractivity contribution in [1.82, 2.24) is 0 Å². The van der Waals surface area contributed by atoms with Gasteiger partial charge in [0.2, 0.25) is 0 Å². The zero-order chi connectivity index (χ0) is 14.5. The first kappa shape index (κ1) is 14.2. The molecule has 2 rings (SSSR count). The molecule has 1 aliphatic rings. The molecule has 7 heteroatoms. The van der Waals surface area contributed by atoms with Gasteiger partial charge in [0.15, 0.2) is 0 Å². The average molecular weight is 276 g/mol. The predicted octanol–water partition coefficient (Wildman–Crippen LogP) is 0.175. The normalized spacial score (nSPS) is 12.8. The number of aliphatic hydroxyl groups is 1. The third kappa shape index (κ3) is 3.04. The van der Waals surface area contributed by atoms with E-state index >= 15 is 0 Å². The number of carboxylic acids is 1. The van der Waals surface area contributed by atoms with Crippen molar-refractivity contribution < 1.29 is 29.4 Å². The Bertz CT molecular complexity index is 574. The second kappa shape index (κ2) is 6.32. The SMILES string of the molecule is O=C(O)c1c(OCC#CCO)ccc2c1OB(O)CC2. The van der Waals surface area contributed by atoms with E-state index in [1.54, 1.807) is 12.1 Å². The summed E-state index contributed by atoms with van der Waals surface area (Å²) in [4.78, 5) is 11.4. The molecule has 1 heterocycles. The minimum atomic E-state index is -1.19. The number of aryl methyl sites for hydroxylation is 1. The van der Waals surface area contributed by atoms with Crippen LogP contribution in [0, 0.1) is 11.8 Å². The van der Waals surface area contributed by atoms with E-state index in [9.17, 15) is 14.9 Å². The lowest BCUT2D eigenvalue weighted by Crippen LogP contribution is -2.28. The van der Waals surface area contributed by atoms with Crippen molar-refractivity contribution in [2.45, 2.75) is 12.7 Å². The molecule has 0 aromatic heterocycles. The molecule has 0 fully saturated rings. The Balaban J connectivity index is 2.32. The summed E-state index contributed by atoms with van der Waals surface area (Å²) < 4.78 is 10.5. The molecule has 6 nitrogen and oxygen atoms in total. The summed E-state index contributed by atoms with van der Waals surface area (Å²) in [6.45, 7) is -0.323. The number of aromatic carboxylic acids is 1. The molecule has 1 aromatic carbocycles. The van der Waals surface area contributed by atoms with Crippen molar-refractivity contribution in [2.24, 2.45) is 0 Å². The van der Waals surface area contributed by atoms with E-state index in [4.69, 9.17) is 14.5 Å². The van der Waals surface area contributed by atoms with Gasteiger partial charge in [0, 0.05) is 0 Å². The quantitative estimate of drug-likeness (QED) is 0.538. The van der Waals surface area contributed by atoms with Crippen LogP contribution in [0.4, 0.5) is 0 Å². The Kier molecular flexibility index (Phi) is 4.51. The number of carbonyl (C=O) groups is 1. The van der Waals surface area contributed by atoms with E-state index in [-0.39, 0.29) is 30.3 Å². The first-order valence-corrected chi connectivity index (χ1v) is 6.06. The van der Waals surface area contributed by atoms with Gasteiger partial charge >= 0.3 is 13.1 Å². The Morgan fingerprint density at radius 1 is 1.45 bits per heavy atom. The van der Waals surface area contributed by atoms with Crippen molar-refractivity contribution >= 4 is 13.1 Å². The van der Waals surface area contributed by atoms with Gasteiger partial charge in [-0.15, -0.1) is 0 Å². The van der Waals surface area contributed by atoms with Crippen molar-refractivity contribution in [3.8, 4) is 23.3 Å².